The molecule has 0 radical (unpaired) electrons. The predicted molar refractivity (Wildman–Crippen MR) is 62.4 cm³/mol. The Bertz CT molecular complexity index is 121. The van der Waals surface area contributed by atoms with Gasteiger partial charge in [0.05, 0.1) is 0 Å². The molecule has 0 amide bonds. The molecule has 1 fully saturated rings. The van der Waals surface area contributed by atoms with Crippen molar-refractivity contribution in [2.45, 2.75) is 45.6 Å². The van der Waals surface area contributed by atoms with E-state index in [0.29, 0.717) is 0 Å². The highest BCUT2D eigenvalue weighted by Crippen LogP contribution is 2.16. The molecule has 2 heteroatoms. The van der Waals surface area contributed by atoms with Crippen molar-refractivity contribution in [1.29, 1.82) is 0 Å². The second-order valence-electron chi connectivity index (χ2n) is 4.20. The molecule has 0 spiro atoms. The molecular weight excluding hydrogens is 178 g/mol. The van der Waals surface area contributed by atoms with Gasteiger partial charge in [0.1, 0.15) is 0 Å². The van der Waals surface area contributed by atoms with E-state index in [1.54, 1.807) is 0 Å². The Kier molecular flexibility index (Phi) is 5.88. The lowest BCUT2D eigenvalue weighted by Crippen LogP contribution is -2.35. The third-order valence-corrected chi connectivity index (χ3v) is 4.27. The molecule has 1 heterocycles. The van der Waals surface area contributed by atoms with E-state index in [-0.39, 0.29) is 0 Å². The van der Waals surface area contributed by atoms with Gasteiger partial charge < -0.3 is 5.32 Å². The molecule has 2 unspecified atom stereocenters. The standard InChI is InChI=1S/C11H23NS/c1-3-10(2)8-13-9-11-6-4-5-7-12-11/h10-12H,3-9H2,1-2H3. The van der Waals surface area contributed by atoms with E-state index >= 15 is 0 Å². The van der Waals surface area contributed by atoms with E-state index < -0.39 is 0 Å². The summed E-state index contributed by atoms with van der Waals surface area (Å²) in [5.74, 6) is 3.56. The van der Waals surface area contributed by atoms with Crippen molar-refractivity contribution < 1.29 is 0 Å². The van der Waals surface area contributed by atoms with E-state index in [1.807, 2.05) is 0 Å². The van der Waals surface area contributed by atoms with Gasteiger partial charge in [-0.3, -0.25) is 0 Å². The fourth-order valence-electron chi connectivity index (χ4n) is 1.60. The van der Waals surface area contributed by atoms with Crippen molar-refractivity contribution in [3.05, 3.63) is 0 Å². The van der Waals surface area contributed by atoms with Gasteiger partial charge in [0.15, 0.2) is 0 Å². The van der Waals surface area contributed by atoms with E-state index in [9.17, 15) is 0 Å². The molecule has 78 valence electrons. The summed E-state index contributed by atoms with van der Waals surface area (Å²) in [5.41, 5.74) is 0. The van der Waals surface area contributed by atoms with Gasteiger partial charge in [-0.15, -0.1) is 0 Å². The molecular formula is C11H23NS. The average molecular weight is 201 g/mol. The summed E-state index contributed by atoms with van der Waals surface area (Å²) < 4.78 is 0. The lowest BCUT2D eigenvalue weighted by Gasteiger charge is -2.23. The van der Waals surface area contributed by atoms with Crippen molar-refractivity contribution in [2.24, 2.45) is 5.92 Å². The highest BCUT2D eigenvalue weighted by Gasteiger charge is 2.12. The number of nitrogens with one attached hydrogen (secondary N) is 1. The first kappa shape index (κ1) is 11.4. The molecule has 13 heavy (non-hydrogen) atoms. The molecule has 1 saturated heterocycles. The van der Waals surface area contributed by atoms with Crippen LogP contribution in [0.25, 0.3) is 0 Å². The highest BCUT2D eigenvalue weighted by atomic mass is 32.2. The molecule has 0 saturated carbocycles. The number of hydrogen-bond acceptors (Lipinski definition) is 2. The molecule has 1 nitrogen and oxygen atoms in total. The lowest BCUT2D eigenvalue weighted by molar-refractivity contribution is 0.429. The maximum Gasteiger partial charge on any atom is 0.0158 e. The second-order valence-corrected chi connectivity index (χ2v) is 5.27. The Morgan fingerprint density at radius 2 is 2.31 bits per heavy atom. The van der Waals surface area contributed by atoms with Crippen LogP contribution in [0.4, 0.5) is 0 Å². The molecule has 1 aliphatic heterocycles. The van der Waals surface area contributed by atoms with E-state index in [0.717, 1.165) is 12.0 Å². The summed E-state index contributed by atoms with van der Waals surface area (Å²) in [6, 6.07) is 0.808. The Morgan fingerprint density at radius 3 is 2.92 bits per heavy atom. The second kappa shape index (κ2) is 6.72. The SMILES string of the molecule is CCC(C)CSCC1CCCCN1. The van der Waals surface area contributed by atoms with Gasteiger partial charge in [-0.05, 0) is 31.1 Å². The largest absolute Gasteiger partial charge is 0.313 e. The van der Waals surface area contributed by atoms with E-state index in [4.69, 9.17) is 0 Å². The third kappa shape index (κ3) is 4.92. The van der Waals surface area contributed by atoms with Gasteiger partial charge in [0.25, 0.3) is 0 Å². The van der Waals surface area contributed by atoms with E-state index in [1.165, 1.54) is 43.7 Å². The first-order chi connectivity index (χ1) is 6.33. The fraction of sp³-hybridized carbons (Fsp3) is 1.00. The number of thioether (sulfide) groups is 1. The van der Waals surface area contributed by atoms with Crippen molar-refractivity contribution in [1.82, 2.24) is 5.32 Å². The quantitative estimate of drug-likeness (QED) is 0.734. The zero-order chi connectivity index (χ0) is 9.52. The molecule has 0 aromatic heterocycles. The fourth-order valence-corrected chi connectivity index (χ4v) is 2.94. The van der Waals surface area contributed by atoms with Crippen LogP contribution in [0, 0.1) is 5.92 Å². The maximum atomic E-state index is 3.59. The van der Waals surface area contributed by atoms with Crippen LogP contribution < -0.4 is 5.32 Å². The zero-order valence-corrected chi connectivity index (χ0v) is 9.83. The zero-order valence-electron chi connectivity index (χ0n) is 9.01. The smallest absolute Gasteiger partial charge is 0.0158 e. The summed E-state index contributed by atoms with van der Waals surface area (Å²) in [7, 11) is 0. The van der Waals surface area contributed by atoms with Crippen LogP contribution in [0.3, 0.4) is 0 Å². The Labute approximate surface area is 87.1 Å². The maximum absolute atomic E-state index is 3.59. The normalized spacial score (nSPS) is 25.8. The predicted octanol–water partition coefficient (Wildman–Crippen LogP) is 2.91. The third-order valence-electron chi connectivity index (χ3n) is 2.83. The lowest BCUT2D eigenvalue weighted by atomic mass is 10.1. The van der Waals surface area contributed by atoms with Crippen LogP contribution in [-0.4, -0.2) is 24.1 Å². The van der Waals surface area contributed by atoms with Gasteiger partial charge in [0, 0.05) is 11.8 Å². The first-order valence-corrected chi connectivity index (χ1v) is 6.79. The summed E-state index contributed by atoms with van der Waals surface area (Å²) in [4.78, 5) is 0. The molecule has 0 bridgehead atoms. The molecule has 0 aromatic rings. The van der Waals surface area contributed by atoms with E-state index in [2.05, 4.69) is 30.9 Å². The van der Waals surface area contributed by atoms with Crippen molar-refractivity contribution in [2.75, 3.05) is 18.1 Å². The van der Waals surface area contributed by atoms with Gasteiger partial charge in [0.2, 0.25) is 0 Å². The van der Waals surface area contributed by atoms with Crippen LogP contribution in [0.1, 0.15) is 39.5 Å². The minimum absolute atomic E-state index is 0.808. The van der Waals surface area contributed by atoms with Crippen molar-refractivity contribution >= 4 is 11.8 Å². The first-order valence-electron chi connectivity index (χ1n) is 5.64. The Morgan fingerprint density at radius 1 is 1.46 bits per heavy atom. The summed E-state index contributed by atoms with van der Waals surface area (Å²) in [6.07, 6.45) is 5.53. The molecule has 1 rings (SSSR count). The summed E-state index contributed by atoms with van der Waals surface area (Å²) in [6.45, 7) is 5.87. The Hall–Kier alpha value is 0.310. The molecule has 0 aromatic carbocycles. The summed E-state index contributed by atoms with van der Waals surface area (Å²) >= 11 is 2.13. The molecule has 1 aliphatic rings. The number of rotatable bonds is 5. The minimum Gasteiger partial charge on any atom is -0.313 e. The Balaban J connectivity index is 1.98. The monoisotopic (exact) mass is 201 g/mol. The summed E-state index contributed by atoms with van der Waals surface area (Å²) in [5, 5.41) is 3.59. The number of piperidine rings is 1. The van der Waals surface area contributed by atoms with Crippen molar-refractivity contribution in [3.8, 4) is 0 Å². The van der Waals surface area contributed by atoms with Crippen LogP contribution in [0.15, 0.2) is 0 Å². The van der Waals surface area contributed by atoms with Crippen LogP contribution >= 0.6 is 11.8 Å². The van der Waals surface area contributed by atoms with Crippen LogP contribution in [0.5, 0.6) is 0 Å². The van der Waals surface area contributed by atoms with Crippen molar-refractivity contribution in [3.63, 3.8) is 0 Å². The van der Waals surface area contributed by atoms with Gasteiger partial charge in [-0.1, -0.05) is 26.7 Å². The van der Waals surface area contributed by atoms with Gasteiger partial charge in [-0.2, -0.15) is 11.8 Å². The molecule has 2 atom stereocenters. The topological polar surface area (TPSA) is 12.0 Å². The molecule has 1 N–H and O–H groups in total. The van der Waals surface area contributed by atoms with Crippen LogP contribution in [-0.2, 0) is 0 Å². The van der Waals surface area contributed by atoms with Gasteiger partial charge >= 0.3 is 0 Å². The average Bonchev–Trinajstić information content (AvgIpc) is 2.19. The van der Waals surface area contributed by atoms with Crippen LogP contribution in [0.2, 0.25) is 0 Å². The highest BCUT2D eigenvalue weighted by molar-refractivity contribution is 7.99. The van der Waals surface area contributed by atoms with Gasteiger partial charge in [-0.25, -0.2) is 0 Å². The minimum atomic E-state index is 0.808. The number of hydrogen-bond donors (Lipinski definition) is 1. The molecule has 0 aliphatic carbocycles.